The molecule has 2 rings (SSSR count). The topological polar surface area (TPSA) is 17.1 Å². The summed E-state index contributed by atoms with van der Waals surface area (Å²) < 4.78 is 0. The number of aldehydes is 1. The van der Waals surface area contributed by atoms with Crippen LogP contribution in [0.25, 0.3) is 6.08 Å². The van der Waals surface area contributed by atoms with E-state index in [-0.39, 0.29) is 0 Å². The van der Waals surface area contributed by atoms with E-state index < -0.39 is 0 Å². The Morgan fingerprint density at radius 1 is 1.25 bits per heavy atom. The first-order valence-electron chi connectivity index (χ1n) is 6.83. The Bertz CT molecular complexity index is 620. The maximum atomic E-state index is 10.9. The largest absolute Gasteiger partial charge is 0.298 e. The lowest BCUT2D eigenvalue weighted by molar-refractivity contribution is 0.112. The van der Waals surface area contributed by atoms with E-state index in [0.717, 1.165) is 34.4 Å². The Morgan fingerprint density at radius 2 is 2.00 bits per heavy atom. The predicted octanol–water partition coefficient (Wildman–Crippen LogP) is 5.30. The van der Waals surface area contributed by atoms with E-state index in [1.54, 1.807) is 0 Å². The lowest BCUT2D eigenvalue weighted by atomic mass is 9.88. The Labute approximate surface area is 125 Å². The fraction of sp³-hybridized carbons (Fsp3) is 0.278. The second kappa shape index (κ2) is 6.23. The van der Waals surface area contributed by atoms with Crippen LogP contribution in [0.15, 0.2) is 46.5 Å². The monoisotopic (exact) mass is 286 g/mol. The molecule has 0 amide bonds. The minimum atomic E-state index is 0.475. The van der Waals surface area contributed by atoms with Crippen LogP contribution in [0.3, 0.4) is 0 Å². The zero-order chi connectivity index (χ0) is 14.7. The van der Waals surface area contributed by atoms with Gasteiger partial charge in [-0.1, -0.05) is 48.9 Å². The molecule has 1 aromatic rings. The molecule has 0 spiro atoms. The molecule has 0 aromatic heterocycles. The summed E-state index contributed by atoms with van der Waals surface area (Å²) >= 11 is 6.21. The van der Waals surface area contributed by atoms with Gasteiger partial charge in [0.15, 0.2) is 0 Å². The van der Waals surface area contributed by atoms with Gasteiger partial charge in [0.2, 0.25) is 0 Å². The number of aryl methyl sites for hydroxylation is 1. The van der Waals surface area contributed by atoms with Crippen LogP contribution >= 0.6 is 11.6 Å². The van der Waals surface area contributed by atoms with Gasteiger partial charge >= 0.3 is 0 Å². The van der Waals surface area contributed by atoms with Gasteiger partial charge < -0.3 is 0 Å². The summed E-state index contributed by atoms with van der Waals surface area (Å²) in [5.41, 5.74) is 5.36. The number of benzene rings is 1. The minimum Gasteiger partial charge on any atom is -0.298 e. The molecule has 0 bridgehead atoms. The average Bonchev–Trinajstić information content (AvgIpc) is 2.45. The number of carbonyl (C=O) groups is 1. The Balaban J connectivity index is 2.36. The van der Waals surface area contributed by atoms with Gasteiger partial charge in [-0.15, -0.1) is 0 Å². The summed E-state index contributed by atoms with van der Waals surface area (Å²) in [6.45, 7) is 6.31. The van der Waals surface area contributed by atoms with E-state index in [1.165, 1.54) is 5.57 Å². The molecule has 0 fully saturated rings. The third kappa shape index (κ3) is 3.10. The highest BCUT2D eigenvalue weighted by Crippen LogP contribution is 2.32. The zero-order valence-electron chi connectivity index (χ0n) is 12.1. The van der Waals surface area contributed by atoms with Crippen molar-refractivity contribution >= 4 is 24.0 Å². The molecule has 1 nitrogen and oxygen atoms in total. The standard InChI is InChI=1S/C18H19ClO/c1-12-4-6-15(11-20)10-16(12)7-8-17-13(2)5-9-18(19)14(17)3/h4,6-11,13H,5H2,1-3H3/b8-7+. The van der Waals surface area contributed by atoms with Crippen molar-refractivity contribution in [3.8, 4) is 0 Å². The van der Waals surface area contributed by atoms with E-state index in [0.29, 0.717) is 11.5 Å². The van der Waals surface area contributed by atoms with Gasteiger partial charge in [0, 0.05) is 10.6 Å². The van der Waals surface area contributed by atoms with Crippen LogP contribution in [0.5, 0.6) is 0 Å². The van der Waals surface area contributed by atoms with Crippen molar-refractivity contribution in [3.05, 3.63) is 63.2 Å². The molecule has 1 aliphatic carbocycles. The number of allylic oxidation sites excluding steroid dienone is 5. The van der Waals surface area contributed by atoms with Crippen molar-refractivity contribution in [2.45, 2.75) is 27.2 Å². The molecule has 0 radical (unpaired) electrons. The third-order valence-corrected chi connectivity index (χ3v) is 4.29. The van der Waals surface area contributed by atoms with Crippen LogP contribution in [0.4, 0.5) is 0 Å². The van der Waals surface area contributed by atoms with Crippen molar-refractivity contribution < 1.29 is 4.79 Å². The first kappa shape index (κ1) is 14.8. The Kier molecular flexibility index (Phi) is 4.61. The van der Waals surface area contributed by atoms with Gasteiger partial charge in [0.05, 0.1) is 0 Å². The van der Waals surface area contributed by atoms with Gasteiger partial charge in [-0.05, 0) is 54.5 Å². The quantitative estimate of drug-likeness (QED) is 0.689. The normalized spacial score (nSPS) is 19.4. The molecule has 0 saturated carbocycles. The van der Waals surface area contributed by atoms with Gasteiger partial charge in [0.25, 0.3) is 0 Å². The highest BCUT2D eigenvalue weighted by Gasteiger charge is 2.15. The lowest BCUT2D eigenvalue weighted by Crippen LogP contribution is -2.04. The van der Waals surface area contributed by atoms with E-state index in [9.17, 15) is 4.79 Å². The van der Waals surface area contributed by atoms with Crippen molar-refractivity contribution in [1.82, 2.24) is 0 Å². The fourth-order valence-corrected chi connectivity index (χ4v) is 2.65. The fourth-order valence-electron chi connectivity index (χ4n) is 2.45. The van der Waals surface area contributed by atoms with E-state index in [2.05, 4.69) is 32.1 Å². The van der Waals surface area contributed by atoms with Crippen LogP contribution in [0.1, 0.15) is 41.8 Å². The number of hydrogen-bond acceptors (Lipinski definition) is 1. The SMILES string of the molecule is CC1=C(/C=C/c2cc(C=O)ccc2C)C(C)CC=C1Cl. The average molecular weight is 287 g/mol. The van der Waals surface area contributed by atoms with Crippen LogP contribution in [-0.4, -0.2) is 6.29 Å². The number of halogens is 1. The second-order valence-corrected chi connectivity index (χ2v) is 5.74. The van der Waals surface area contributed by atoms with Crippen molar-refractivity contribution in [2.75, 3.05) is 0 Å². The second-order valence-electron chi connectivity index (χ2n) is 5.34. The van der Waals surface area contributed by atoms with Crippen LogP contribution in [0.2, 0.25) is 0 Å². The molecule has 20 heavy (non-hydrogen) atoms. The highest BCUT2D eigenvalue weighted by atomic mass is 35.5. The number of rotatable bonds is 3. The summed E-state index contributed by atoms with van der Waals surface area (Å²) in [5.74, 6) is 0.475. The molecule has 2 heteroatoms. The molecule has 1 aliphatic rings. The Morgan fingerprint density at radius 3 is 2.70 bits per heavy atom. The van der Waals surface area contributed by atoms with E-state index in [1.807, 2.05) is 25.1 Å². The van der Waals surface area contributed by atoms with Gasteiger partial charge in [-0.2, -0.15) is 0 Å². The van der Waals surface area contributed by atoms with Gasteiger partial charge in [-0.25, -0.2) is 0 Å². The van der Waals surface area contributed by atoms with Gasteiger partial charge in [0.1, 0.15) is 6.29 Å². The first-order valence-corrected chi connectivity index (χ1v) is 7.21. The lowest BCUT2D eigenvalue weighted by Gasteiger charge is -2.20. The maximum absolute atomic E-state index is 10.9. The maximum Gasteiger partial charge on any atom is 0.150 e. The summed E-state index contributed by atoms with van der Waals surface area (Å²) in [4.78, 5) is 10.9. The molecule has 0 aliphatic heterocycles. The zero-order valence-corrected chi connectivity index (χ0v) is 12.9. The molecule has 0 heterocycles. The first-order chi connectivity index (χ1) is 9.52. The third-order valence-electron chi connectivity index (χ3n) is 3.85. The summed E-state index contributed by atoms with van der Waals surface area (Å²) in [5, 5.41) is 0.848. The molecule has 104 valence electrons. The molecule has 0 saturated heterocycles. The van der Waals surface area contributed by atoms with Crippen molar-refractivity contribution in [1.29, 1.82) is 0 Å². The van der Waals surface area contributed by atoms with Crippen LogP contribution < -0.4 is 0 Å². The smallest absolute Gasteiger partial charge is 0.150 e. The minimum absolute atomic E-state index is 0.475. The van der Waals surface area contributed by atoms with E-state index in [4.69, 9.17) is 11.6 Å². The van der Waals surface area contributed by atoms with Crippen molar-refractivity contribution in [2.24, 2.45) is 5.92 Å². The molecular weight excluding hydrogens is 268 g/mol. The molecular formula is C18H19ClO. The van der Waals surface area contributed by atoms with E-state index >= 15 is 0 Å². The summed E-state index contributed by atoms with van der Waals surface area (Å²) in [6, 6.07) is 5.73. The highest BCUT2D eigenvalue weighted by molar-refractivity contribution is 6.32. The number of hydrogen-bond donors (Lipinski definition) is 0. The molecule has 0 N–H and O–H groups in total. The molecule has 1 unspecified atom stereocenters. The predicted molar refractivity (Wildman–Crippen MR) is 86.0 cm³/mol. The van der Waals surface area contributed by atoms with Crippen LogP contribution in [0, 0.1) is 12.8 Å². The Hall–Kier alpha value is -1.60. The van der Waals surface area contributed by atoms with Gasteiger partial charge in [-0.3, -0.25) is 4.79 Å². The van der Waals surface area contributed by atoms with Crippen molar-refractivity contribution in [3.63, 3.8) is 0 Å². The summed E-state index contributed by atoms with van der Waals surface area (Å²) in [7, 11) is 0. The summed E-state index contributed by atoms with van der Waals surface area (Å²) in [6.07, 6.45) is 8.14. The molecule has 1 atom stereocenters. The molecule has 1 aromatic carbocycles. The van der Waals surface area contributed by atoms with Crippen LogP contribution in [-0.2, 0) is 0 Å². The number of carbonyl (C=O) groups excluding carboxylic acids is 1.